The summed E-state index contributed by atoms with van der Waals surface area (Å²) in [6.07, 6.45) is 4.33. The second-order valence-corrected chi connectivity index (χ2v) is 6.61. The van der Waals surface area contributed by atoms with Crippen molar-refractivity contribution in [2.45, 2.75) is 19.4 Å². The minimum atomic E-state index is -0.0570. The number of aryl methyl sites for hydroxylation is 1. The zero-order valence-electron chi connectivity index (χ0n) is 15.2. The van der Waals surface area contributed by atoms with Crippen molar-refractivity contribution in [3.8, 4) is 11.5 Å². The fraction of sp³-hybridized carbons (Fsp3) is 0.227. The number of hydrogen-bond donors (Lipinski definition) is 1. The number of aromatic nitrogens is 1. The standard InChI is InChI=1S/C22H22N2O3/c1-16-6-2-3-7-18(16)19(24-10-4-5-11-24)15-22(25)23-17-8-9-20-21(14-17)27-13-12-26-20/h2-11,14,19H,12-13,15H2,1H3,(H,23,25)/t19-/m1/s1. The fourth-order valence-corrected chi connectivity index (χ4v) is 3.40. The third-order valence-electron chi connectivity index (χ3n) is 4.74. The molecular formula is C22H22N2O3. The Balaban J connectivity index is 1.53. The summed E-state index contributed by atoms with van der Waals surface area (Å²) in [5.41, 5.74) is 3.02. The van der Waals surface area contributed by atoms with Crippen molar-refractivity contribution in [3.63, 3.8) is 0 Å². The molecule has 1 atom stereocenters. The highest BCUT2D eigenvalue weighted by molar-refractivity contribution is 5.91. The molecule has 138 valence electrons. The van der Waals surface area contributed by atoms with Gasteiger partial charge in [0.2, 0.25) is 5.91 Å². The summed E-state index contributed by atoms with van der Waals surface area (Å²) in [5, 5.41) is 2.99. The van der Waals surface area contributed by atoms with Gasteiger partial charge < -0.3 is 19.4 Å². The topological polar surface area (TPSA) is 52.5 Å². The molecule has 0 saturated heterocycles. The van der Waals surface area contributed by atoms with Crippen LogP contribution in [0.5, 0.6) is 11.5 Å². The van der Waals surface area contributed by atoms with Gasteiger partial charge in [0, 0.05) is 24.1 Å². The normalized spacial score (nSPS) is 13.8. The predicted octanol–water partition coefficient (Wildman–Crippen LogP) is 4.19. The molecule has 5 nitrogen and oxygen atoms in total. The van der Waals surface area contributed by atoms with E-state index in [1.807, 2.05) is 54.9 Å². The smallest absolute Gasteiger partial charge is 0.226 e. The molecule has 0 radical (unpaired) electrons. The van der Waals surface area contributed by atoms with Gasteiger partial charge in [-0.1, -0.05) is 24.3 Å². The van der Waals surface area contributed by atoms with Crippen molar-refractivity contribution in [1.82, 2.24) is 4.57 Å². The van der Waals surface area contributed by atoms with Crippen LogP contribution in [0.25, 0.3) is 0 Å². The number of nitrogens with zero attached hydrogens (tertiary/aromatic N) is 1. The Kier molecular flexibility index (Phi) is 4.83. The predicted molar refractivity (Wildman–Crippen MR) is 104 cm³/mol. The molecule has 27 heavy (non-hydrogen) atoms. The molecule has 1 amide bonds. The number of hydrogen-bond acceptors (Lipinski definition) is 3. The minimum absolute atomic E-state index is 0.0476. The van der Waals surface area contributed by atoms with E-state index >= 15 is 0 Å². The molecule has 1 aliphatic rings. The largest absolute Gasteiger partial charge is 0.486 e. The van der Waals surface area contributed by atoms with Crippen molar-refractivity contribution >= 4 is 11.6 Å². The number of amides is 1. The van der Waals surface area contributed by atoms with Gasteiger partial charge in [-0.3, -0.25) is 4.79 Å². The van der Waals surface area contributed by atoms with Crippen molar-refractivity contribution in [2.24, 2.45) is 0 Å². The number of carbonyl (C=O) groups is 1. The SMILES string of the molecule is Cc1ccccc1[C@@H](CC(=O)Nc1ccc2c(c1)OCCO2)n1cccc1. The Labute approximate surface area is 158 Å². The van der Waals surface area contributed by atoms with Crippen molar-refractivity contribution in [3.05, 3.63) is 78.1 Å². The van der Waals surface area contributed by atoms with Gasteiger partial charge in [-0.05, 0) is 42.3 Å². The van der Waals surface area contributed by atoms with Gasteiger partial charge in [-0.25, -0.2) is 0 Å². The van der Waals surface area contributed by atoms with Crippen molar-refractivity contribution in [1.29, 1.82) is 0 Å². The Morgan fingerprint density at radius 2 is 1.78 bits per heavy atom. The van der Waals surface area contributed by atoms with Crippen LogP contribution in [-0.2, 0) is 4.79 Å². The van der Waals surface area contributed by atoms with Gasteiger partial charge in [-0.2, -0.15) is 0 Å². The molecule has 3 aromatic rings. The van der Waals surface area contributed by atoms with E-state index < -0.39 is 0 Å². The highest BCUT2D eigenvalue weighted by Gasteiger charge is 2.20. The Hall–Kier alpha value is -3.21. The molecule has 1 N–H and O–H groups in total. The first-order chi connectivity index (χ1) is 13.2. The molecule has 0 fully saturated rings. The average molecular weight is 362 g/mol. The van der Waals surface area contributed by atoms with Gasteiger partial charge in [0.25, 0.3) is 0 Å². The van der Waals surface area contributed by atoms with Crippen LogP contribution in [0.15, 0.2) is 67.0 Å². The Bertz CT molecular complexity index is 934. The van der Waals surface area contributed by atoms with Crippen LogP contribution < -0.4 is 14.8 Å². The number of anilines is 1. The first-order valence-electron chi connectivity index (χ1n) is 9.08. The molecule has 5 heteroatoms. The van der Waals surface area contributed by atoms with Crippen LogP contribution in [0.3, 0.4) is 0 Å². The van der Waals surface area contributed by atoms with Crippen LogP contribution >= 0.6 is 0 Å². The second-order valence-electron chi connectivity index (χ2n) is 6.61. The van der Waals surface area contributed by atoms with Crippen molar-refractivity contribution < 1.29 is 14.3 Å². The molecule has 2 heterocycles. The van der Waals surface area contributed by atoms with Crippen molar-refractivity contribution in [2.75, 3.05) is 18.5 Å². The summed E-state index contributed by atoms with van der Waals surface area (Å²) in [6.45, 7) is 3.14. The Morgan fingerprint density at radius 1 is 1.04 bits per heavy atom. The number of nitrogens with one attached hydrogen (secondary N) is 1. The molecule has 1 aliphatic heterocycles. The third-order valence-corrected chi connectivity index (χ3v) is 4.74. The van der Waals surface area contributed by atoms with E-state index in [-0.39, 0.29) is 11.9 Å². The maximum atomic E-state index is 12.8. The lowest BCUT2D eigenvalue weighted by molar-refractivity contribution is -0.116. The summed E-state index contributed by atoms with van der Waals surface area (Å²) < 4.78 is 13.2. The fourth-order valence-electron chi connectivity index (χ4n) is 3.40. The Morgan fingerprint density at radius 3 is 2.56 bits per heavy atom. The summed E-state index contributed by atoms with van der Waals surface area (Å²) >= 11 is 0. The number of benzene rings is 2. The highest BCUT2D eigenvalue weighted by Crippen LogP contribution is 2.33. The molecular weight excluding hydrogens is 340 g/mol. The molecule has 4 rings (SSSR count). The monoisotopic (exact) mass is 362 g/mol. The van der Waals surface area contributed by atoms with E-state index in [0.717, 1.165) is 5.56 Å². The lowest BCUT2D eigenvalue weighted by Gasteiger charge is -2.22. The summed E-state index contributed by atoms with van der Waals surface area (Å²) in [4.78, 5) is 12.8. The first-order valence-corrected chi connectivity index (χ1v) is 9.08. The summed E-state index contributed by atoms with van der Waals surface area (Å²) in [6, 6.07) is 17.6. The van der Waals surface area contributed by atoms with Gasteiger partial charge >= 0.3 is 0 Å². The number of rotatable bonds is 5. The van der Waals surface area contributed by atoms with Gasteiger partial charge in [0.05, 0.1) is 12.5 Å². The zero-order chi connectivity index (χ0) is 18.6. The van der Waals surface area contributed by atoms with Crippen LogP contribution in [0.4, 0.5) is 5.69 Å². The minimum Gasteiger partial charge on any atom is -0.486 e. The average Bonchev–Trinajstić information content (AvgIpc) is 3.21. The van der Waals surface area contributed by atoms with Gasteiger partial charge in [0.15, 0.2) is 11.5 Å². The quantitative estimate of drug-likeness (QED) is 0.741. The van der Waals surface area contributed by atoms with Crippen LogP contribution in [0, 0.1) is 6.92 Å². The van der Waals surface area contributed by atoms with E-state index in [4.69, 9.17) is 9.47 Å². The van der Waals surface area contributed by atoms with E-state index in [2.05, 4.69) is 28.9 Å². The lowest BCUT2D eigenvalue weighted by Crippen LogP contribution is -2.20. The lowest BCUT2D eigenvalue weighted by atomic mass is 9.98. The molecule has 0 aliphatic carbocycles. The molecule has 0 unspecified atom stereocenters. The van der Waals surface area contributed by atoms with E-state index in [9.17, 15) is 4.79 Å². The second kappa shape index (κ2) is 7.58. The van der Waals surface area contributed by atoms with E-state index in [0.29, 0.717) is 36.8 Å². The van der Waals surface area contributed by atoms with E-state index in [1.54, 1.807) is 0 Å². The highest BCUT2D eigenvalue weighted by atomic mass is 16.6. The van der Waals surface area contributed by atoms with Gasteiger partial charge in [-0.15, -0.1) is 0 Å². The van der Waals surface area contributed by atoms with Gasteiger partial charge in [0.1, 0.15) is 13.2 Å². The zero-order valence-corrected chi connectivity index (χ0v) is 15.2. The molecule has 0 bridgehead atoms. The summed E-state index contributed by atoms with van der Waals surface area (Å²) in [5.74, 6) is 1.33. The van der Waals surface area contributed by atoms with Crippen LogP contribution in [0.1, 0.15) is 23.6 Å². The number of carbonyl (C=O) groups excluding carboxylic acids is 1. The maximum Gasteiger partial charge on any atom is 0.226 e. The van der Waals surface area contributed by atoms with Crippen LogP contribution in [-0.4, -0.2) is 23.7 Å². The molecule has 0 saturated carbocycles. The maximum absolute atomic E-state index is 12.8. The first kappa shape index (κ1) is 17.2. The number of fused-ring (bicyclic) bond motifs is 1. The van der Waals surface area contributed by atoms with Crippen LogP contribution in [0.2, 0.25) is 0 Å². The number of ether oxygens (including phenoxy) is 2. The summed E-state index contributed by atoms with van der Waals surface area (Å²) in [7, 11) is 0. The molecule has 1 aromatic heterocycles. The van der Waals surface area contributed by atoms with E-state index in [1.165, 1.54) is 5.56 Å². The third kappa shape index (κ3) is 3.82. The molecule has 0 spiro atoms. The molecule has 2 aromatic carbocycles.